The van der Waals surface area contributed by atoms with Gasteiger partial charge in [-0.15, -0.1) is 0 Å². The molecule has 1 aromatic rings. The average Bonchev–Trinajstić information content (AvgIpc) is 2.79. The Hall–Kier alpha value is -2.37. The molecule has 6 nitrogen and oxygen atoms in total. The maximum atomic E-state index is 11.8. The number of rotatable bonds is 3. The van der Waals surface area contributed by atoms with Crippen molar-refractivity contribution in [2.75, 3.05) is 0 Å². The number of imide groups is 1. The van der Waals surface area contributed by atoms with Gasteiger partial charge in [-0.2, -0.15) is 0 Å². The van der Waals surface area contributed by atoms with Crippen LogP contribution >= 0.6 is 0 Å². The predicted molar refractivity (Wildman–Crippen MR) is 65.7 cm³/mol. The molecule has 1 aliphatic rings. The van der Waals surface area contributed by atoms with Gasteiger partial charge in [-0.1, -0.05) is 30.3 Å². The lowest BCUT2D eigenvalue weighted by Crippen LogP contribution is -2.45. The normalized spacial score (nSPS) is 18.4. The number of amides is 3. The van der Waals surface area contributed by atoms with Crippen LogP contribution in [0.1, 0.15) is 18.4 Å². The molecule has 0 aromatic heterocycles. The van der Waals surface area contributed by atoms with Crippen molar-refractivity contribution >= 4 is 17.9 Å². The number of likely N-dealkylation sites (tertiary alicyclic amines) is 1. The highest BCUT2D eigenvalue weighted by Crippen LogP contribution is 2.19. The summed E-state index contributed by atoms with van der Waals surface area (Å²) < 4.78 is 5.02. The summed E-state index contributed by atoms with van der Waals surface area (Å²) in [6.45, 7) is 0.0505. The van der Waals surface area contributed by atoms with Gasteiger partial charge in [0.2, 0.25) is 11.8 Å². The average molecular weight is 262 g/mol. The van der Waals surface area contributed by atoms with Gasteiger partial charge in [-0.05, 0) is 12.0 Å². The molecule has 1 aromatic carbocycles. The van der Waals surface area contributed by atoms with E-state index in [4.69, 9.17) is 10.5 Å². The van der Waals surface area contributed by atoms with E-state index in [2.05, 4.69) is 0 Å². The summed E-state index contributed by atoms with van der Waals surface area (Å²) in [5, 5.41) is 0. The molecule has 0 radical (unpaired) electrons. The van der Waals surface area contributed by atoms with Crippen molar-refractivity contribution in [3.63, 3.8) is 0 Å². The Kier molecular flexibility index (Phi) is 3.79. The molecule has 100 valence electrons. The van der Waals surface area contributed by atoms with E-state index in [-0.39, 0.29) is 19.4 Å². The second kappa shape index (κ2) is 5.51. The molecule has 2 rings (SSSR count). The molecule has 3 amide bonds. The Morgan fingerprint density at radius 1 is 1.32 bits per heavy atom. The molecule has 2 N–H and O–H groups in total. The standard InChI is InChI=1S/C13H14N2O4/c14-12(17)10-6-7-11(16)15(10)13(18)19-8-9-4-2-1-3-5-9/h1-5,10H,6-8H2,(H2,14,17)/t10-/m0/s1. The molecular formula is C13H14N2O4. The first-order valence-corrected chi connectivity index (χ1v) is 5.91. The van der Waals surface area contributed by atoms with E-state index in [1.54, 1.807) is 12.1 Å². The molecule has 1 aliphatic heterocycles. The molecule has 1 saturated heterocycles. The molecule has 0 aliphatic carbocycles. The smallest absolute Gasteiger partial charge is 0.417 e. The minimum Gasteiger partial charge on any atom is -0.444 e. The molecule has 0 bridgehead atoms. The number of carbonyl (C=O) groups excluding carboxylic acids is 3. The Morgan fingerprint density at radius 2 is 2.00 bits per heavy atom. The van der Waals surface area contributed by atoms with Crippen molar-refractivity contribution in [1.29, 1.82) is 0 Å². The molecule has 0 spiro atoms. The third-order valence-electron chi connectivity index (χ3n) is 2.94. The first-order chi connectivity index (χ1) is 9.09. The first kappa shape index (κ1) is 13.1. The van der Waals surface area contributed by atoms with Crippen LogP contribution in [0.2, 0.25) is 0 Å². The van der Waals surface area contributed by atoms with Gasteiger partial charge in [0.25, 0.3) is 0 Å². The van der Waals surface area contributed by atoms with Crippen LogP contribution in [0.3, 0.4) is 0 Å². The van der Waals surface area contributed by atoms with Crippen LogP contribution in [-0.2, 0) is 20.9 Å². The first-order valence-electron chi connectivity index (χ1n) is 5.91. The predicted octanol–water partition coefficient (Wildman–Crippen LogP) is 0.799. The van der Waals surface area contributed by atoms with Gasteiger partial charge in [-0.25, -0.2) is 9.69 Å². The number of primary amides is 1. The van der Waals surface area contributed by atoms with Gasteiger partial charge >= 0.3 is 6.09 Å². The number of benzene rings is 1. The van der Waals surface area contributed by atoms with E-state index in [9.17, 15) is 14.4 Å². The second-order valence-electron chi connectivity index (χ2n) is 4.26. The Bertz CT molecular complexity index is 501. The van der Waals surface area contributed by atoms with Gasteiger partial charge in [0.05, 0.1) is 0 Å². The molecule has 1 fully saturated rings. The van der Waals surface area contributed by atoms with E-state index < -0.39 is 23.9 Å². The minimum absolute atomic E-state index is 0.0505. The monoisotopic (exact) mass is 262 g/mol. The van der Waals surface area contributed by atoms with Crippen LogP contribution in [0, 0.1) is 0 Å². The van der Waals surface area contributed by atoms with Gasteiger partial charge in [0.15, 0.2) is 0 Å². The van der Waals surface area contributed by atoms with Gasteiger partial charge in [-0.3, -0.25) is 9.59 Å². The quantitative estimate of drug-likeness (QED) is 0.872. The zero-order valence-electron chi connectivity index (χ0n) is 10.2. The number of ether oxygens (including phenoxy) is 1. The molecule has 6 heteroatoms. The fourth-order valence-corrected chi connectivity index (χ4v) is 1.97. The van der Waals surface area contributed by atoms with Crippen molar-refractivity contribution < 1.29 is 19.1 Å². The van der Waals surface area contributed by atoms with Crippen LogP contribution in [0.5, 0.6) is 0 Å². The van der Waals surface area contributed by atoms with Crippen LogP contribution in [0.15, 0.2) is 30.3 Å². The van der Waals surface area contributed by atoms with Gasteiger partial charge < -0.3 is 10.5 Å². The van der Waals surface area contributed by atoms with E-state index in [0.717, 1.165) is 10.5 Å². The van der Waals surface area contributed by atoms with Gasteiger partial charge in [0, 0.05) is 6.42 Å². The summed E-state index contributed by atoms with van der Waals surface area (Å²) >= 11 is 0. The molecule has 1 heterocycles. The number of nitrogens with zero attached hydrogens (tertiary/aromatic N) is 1. The van der Waals surface area contributed by atoms with E-state index >= 15 is 0 Å². The number of nitrogens with two attached hydrogens (primary N) is 1. The summed E-state index contributed by atoms with van der Waals surface area (Å²) in [6, 6.07) is 8.18. The topological polar surface area (TPSA) is 89.7 Å². The number of carbonyl (C=O) groups is 3. The Balaban J connectivity index is 1.99. The maximum Gasteiger partial charge on any atom is 0.417 e. The largest absolute Gasteiger partial charge is 0.444 e. The highest BCUT2D eigenvalue weighted by atomic mass is 16.6. The lowest BCUT2D eigenvalue weighted by atomic mass is 10.2. The Labute approximate surface area is 110 Å². The number of hydrogen-bond donors (Lipinski definition) is 1. The van der Waals surface area contributed by atoms with Gasteiger partial charge in [0.1, 0.15) is 12.6 Å². The summed E-state index contributed by atoms with van der Waals surface area (Å²) in [4.78, 5) is 35.3. The zero-order chi connectivity index (χ0) is 13.8. The second-order valence-corrected chi connectivity index (χ2v) is 4.26. The lowest BCUT2D eigenvalue weighted by molar-refractivity contribution is -0.132. The van der Waals surface area contributed by atoms with Crippen LogP contribution in [0.25, 0.3) is 0 Å². The highest BCUT2D eigenvalue weighted by Gasteiger charge is 2.40. The number of hydrogen-bond acceptors (Lipinski definition) is 4. The van der Waals surface area contributed by atoms with E-state index in [1.165, 1.54) is 0 Å². The zero-order valence-corrected chi connectivity index (χ0v) is 10.2. The summed E-state index contributed by atoms with van der Waals surface area (Å²) in [7, 11) is 0. The lowest BCUT2D eigenvalue weighted by Gasteiger charge is -2.19. The summed E-state index contributed by atoms with van der Waals surface area (Å²) in [5.41, 5.74) is 5.96. The fourth-order valence-electron chi connectivity index (χ4n) is 1.97. The van der Waals surface area contributed by atoms with Crippen LogP contribution < -0.4 is 5.73 Å². The molecular weight excluding hydrogens is 248 g/mol. The molecule has 1 atom stereocenters. The van der Waals surface area contributed by atoms with E-state index in [1.807, 2.05) is 18.2 Å². The molecule has 0 unspecified atom stereocenters. The third-order valence-corrected chi connectivity index (χ3v) is 2.94. The SMILES string of the molecule is NC(=O)[C@@H]1CCC(=O)N1C(=O)OCc1ccccc1. The van der Waals surface area contributed by atoms with Crippen molar-refractivity contribution in [3.05, 3.63) is 35.9 Å². The third kappa shape index (κ3) is 2.90. The van der Waals surface area contributed by atoms with Crippen LogP contribution in [-0.4, -0.2) is 28.8 Å². The van der Waals surface area contributed by atoms with Crippen molar-refractivity contribution in [1.82, 2.24) is 4.90 Å². The molecule has 19 heavy (non-hydrogen) atoms. The summed E-state index contributed by atoms with van der Waals surface area (Å²) in [6.07, 6.45) is -0.432. The molecule has 0 saturated carbocycles. The maximum absolute atomic E-state index is 11.8. The minimum atomic E-state index is -0.893. The highest BCUT2D eigenvalue weighted by molar-refractivity contribution is 6.00. The summed E-state index contributed by atoms with van der Waals surface area (Å²) in [5.74, 6) is -1.12. The van der Waals surface area contributed by atoms with Crippen molar-refractivity contribution in [2.24, 2.45) is 5.73 Å². The van der Waals surface area contributed by atoms with Crippen molar-refractivity contribution in [3.8, 4) is 0 Å². The fraction of sp³-hybridized carbons (Fsp3) is 0.308. The van der Waals surface area contributed by atoms with Crippen LogP contribution in [0.4, 0.5) is 4.79 Å². The van der Waals surface area contributed by atoms with Crippen molar-refractivity contribution in [2.45, 2.75) is 25.5 Å². The van der Waals surface area contributed by atoms with E-state index in [0.29, 0.717) is 0 Å². The Morgan fingerprint density at radius 3 is 2.63 bits per heavy atom.